The number of aliphatic carboxylic acids is 1. The number of aryl methyl sites for hydroxylation is 1. The van der Waals surface area contributed by atoms with Gasteiger partial charge in [-0.1, -0.05) is 30.3 Å². The topological polar surface area (TPSA) is 57.6 Å². The molecule has 1 saturated heterocycles. The van der Waals surface area contributed by atoms with Gasteiger partial charge in [-0.05, 0) is 18.4 Å². The zero-order valence-corrected chi connectivity index (χ0v) is 11.4. The van der Waals surface area contributed by atoms with E-state index in [0.717, 1.165) is 12.8 Å². The van der Waals surface area contributed by atoms with Gasteiger partial charge in [0.25, 0.3) is 0 Å². The predicted molar refractivity (Wildman–Crippen MR) is 75.0 cm³/mol. The molecule has 4 nitrogen and oxygen atoms in total. The Bertz CT molecular complexity index is 449. The van der Waals surface area contributed by atoms with E-state index in [4.69, 9.17) is 5.11 Å². The Balaban J connectivity index is 1.80. The fraction of sp³-hybridized carbons (Fsp3) is 0.429. The molecule has 1 aromatic carbocycles. The molecule has 1 amide bonds. The number of rotatable bonds is 5. The normalized spacial score (nSPS) is 18.5. The molecule has 0 radical (unpaired) electrons. The molecule has 1 heterocycles. The molecule has 1 atom stereocenters. The monoisotopic (exact) mass is 279 g/mol. The first-order chi connectivity index (χ1) is 9.18. The van der Waals surface area contributed by atoms with Gasteiger partial charge in [0.1, 0.15) is 6.04 Å². The van der Waals surface area contributed by atoms with E-state index in [-0.39, 0.29) is 5.91 Å². The van der Waals surface area contributed by atoms with Crippen molar-refractivity contribution in [1.82, 2.24) is 4.90 Å². The summed E-state index contributed by atoms with van der Waals surface area (Å²) in [5.74, 6) is 0.0516. The van der Waals surface area contributed by atoms with Gasteiger partial charge in [0.2, 0.25) is 5.91 Å². The lowest BCUT2D eigenvalue weighted by molar-refractivity contribution is -0.147. The molecule has 0 saturated carbocycles. The number of nitrogens with zero attached hydrogens (tertiary/aromatic N) is 1. The largest absolute Gasteiger partial charge is 0.480 e. The van der Waals surface area contributed by atoms with Crippen molar-refractivity contribution in [1.29, 1.82) is 0 Å². The van der Waals surface area contributed by atoms with Crippen molar-refractivity contribution in [3.8, 4) is 0 Å². The van der Waals surface area contributed by atoms with Crippen LogP contribution < -0.4 is 0 Å². The van der Waals surface area contributed by atoms with Crippen molar-refractivity contribution in [3.05, 3.63) is 35.9 Å². The third-order valence-corrected chi connectivity index (χ3v) is 4.20. The van der Waals surface area contributed by atoms with Crippen molar-refractivity contribution in [2.24, 2.45) is 0 Å². The Morgan fingerprint density at radius 1 is 1.32 bits per heavy atom. The van der Waals surface area contributed by atoms with Gasteiger partial charge >= 0.3 is 5.97 Å². The number of hydrogen-bond acceptors (Lipinski definition) is 3. The van der Waals surface area contributed by atoms with E-state index in [1.807, 2.05) is 30.3 Å². The number of carboxylic acids is 1. The smallest absolute Gasteiger partial charge is 0.327 e. The molecule has 1 aromatic rings. The third kappa shape index (κ3) is 3.73. The molecular formula is C14H17NO3S. The van der Waals surface area contributed by atoms with Crippen LogP contribution in [0.4, 0.5) is 0 Å². The lowest BCUT2D eigenvalue weighted by Gasteiger charge is -2.20. The number of carbonyl (C=O) groups excluding carboxylic acids is 1. The number of amides is 1. The van der Waals surface area contributed by atoms with Crippen molar-refractivity contribution in [2.75, 3.05) is 11.6 Å². The van der Waals surface area contributed by atoms with Crippen LogP contribution in [0.25, 0.3) is 0 Å². The van der Waals surface area contributed by atoms with Gasteiger partial charge in [-0.25, -0.2) is 4.79 Å². The number of thioether (sulfide) groups is 1. The summed E-state index contributed by atoms with van der Waals surface area (Å²) in [5, 5.41) is 9.03. The second-order valence-electron chi connectivity index (χ2n) is 4.56. The van der Waals surface area contributed by atoms with E-state index >= 15 is 0 Å². The number of carbonyl (C=O) groups is 2. The van der Waals surface area contributed by atoms with Gasteiger partial charge in [0, 0.05) is 12.2 Å². The summed E-state index contributed by atoms with van der Waals surface area (Å²) in [6, 6.07) is 9.36. The third-order valence-electron chi connectivity index (χ3n) is 3.19. The van der Waals surface area contributed by atoms with Gasteiger partial charge in [-0.3, -0.25) is 4.79 Å². The average Bonchev–Trinajstić information content (AvgIpc) is 2.89. The van der Waals surface area contributed by atoms with Crippen LogP contribution in [0.15, 0.2) is 30.3 Å². The fourth-order valence-electron chi connectivity index (χ4n) is 2.13. The lowest BCUT2D eigenvalue weighted by atomic mass is 10.1. The van der Waals surface area contributed by atoms with Gasteiger partial charge in [-0.15, -0.1) is 11.8 Å². The van der Waals surface area contributed by atoms with Gasteiger partial charge < -0.3 is 10.0 Å². The summed E-state index contributed by atoms with van der Waals surface area (Å²) in [6.45, 7) is 0. The van der Waals surface area contributed by atoms with Gasteiger partial charge in [0.15, 0.2) is 0 Å². The second-order valence-corrected chi connectivity index (χ2v) is 5.56. The molecule has 0 aromatic heterocycles. The van der Waals surface area contributed by atoms with Crippen LogP contribution >= 0.6 is 11.8 Å². The van der Waals surface area contributed by atoms with Gasteiger partial charge in [0.05, 0.1) is 5.88 Å². The molecular weight excluding hydrogens is 262 g/mol. The van der Waals surface area contributed by atoms with Crippen LogP contribution in [-0.2, 0) is 16.0 Å². The highest BCUT2D eigenvalue weighted by Crippen LogP contribution is 2.22. The summed E-state index contributed by atoms with van der Waals surface area (Å²) in [5.41, 5.74) is 1.21. The number of benzene rings is 1. The minimum atomic E-state index is -0.901. The van der Waals surface area contributed by atoms with Crippen molar-refractivity contribution >= 4 is 23.6 Å². The average molecular weight is 279 g/mol. The molecule has 2 rings (SSSR count). The molecule has 19 heavy (non-hydrogen) atoms. The highest BCUT2D eigenvalue weighted by Gasteiger charge is 2.33. The highest BCUT2D eigenvalue weighted by atomic mass is 32.2. The summed E-state index contributed by atoms with van der Waals surface area (Å²) < 4.78 is 0. The molecule has 1 aliphatic heterocycles. The molecule has 1 N–H and O–H groups in total. The Hall–Kier alpha value is -1.49. The maximum atomic E-state index is 12.0. The van der Waals surface area contributed by atoms with E-state index in [2.05, 4.69) is 0 Å². The summed E-state index contributed by atoms with van der Waals surface area (Å²) in [7, 11) is 0. The van der Waals surface area contributed by atoms with Crippen LogP contribution in [0.5, 0.6) is 0 Å². The molecule has 0 bridgehead atoms. The Labute approximate surface area is 116 Å². The quantitative estimate of drug-likeness (QED) is 0.895. The highest BCUT2D eigenvalue weighted by molar-refractivity contribution is 7.99. The van der Waals surface area contributed by atoms with E-state index in [0.29, 0.717) is 18.1 Å². The number of carboxylic acid groups (broad SMARTS) is 1. The minimum Gasteiger partial charge on any atom is -0.480 e. The second kappa shape index (κ2) is 6.61. The standard InChI is InChI=1S/C14H17NO3S/c16-13(15-10-19-9-12(15)14(17)18)8-4-7-11-5-2-1-3-6-11/h1-3,5-6,12H,4,7-10H2,(H,17,18). The van der Waals surface area contributed by atoms with Crippen LogP contribution in [0, 0.1) is 0 Å². The van der Waals surface area contributed by atoms with E-state index in [1.165, 1.54) is 22.2 Å². The summed E-state index contributed by atoms with van der Waals surface area (Å²) in [4.78, 5) is 24.5. The predicted octanol–water partition coefficient (Wildman–Crippen LogP) is 2.00. The Morgan fingerprint density at radius 3 is 2.74 bits per heavy atom. The Kier molecular flexibility index (Phi) is 4.85. The molecule has 1 aliphatic rings. The minimum absolute atomic E-state index is 0.0478. The molecule has 102 valence electrons. The maximum Gasteiger partial charge on any atom is 0.327 e. The van der Waals surface area contributed by atoms with Gasteiger partial charge in [-0.2, -0.15) is 0 Å². The molecule has 1 unspecified atom stereocenters. The lowest BCUT2D eigenvalue weighted by Crippen LogP contribution is -2.41. The van der Waals surface area contributed by atoms with Crippen molar-refractivity contribution in [2.45, 2.75) is 25.3 Å². The molecule has 0 aliphatic carbocycles. The fourth-order valence-corrected chi connectivity index (χ4v) is 3.30. The van der Waals surface area contributed by atoms with Crippen molar-refractivity contribution in [3.63, 3.8) is 0 Å². The van der Waals surface area contributed by atoms with Crippen molar-refractivity contribution < 1.29 is 14.7 Å². The first kappa shape index (κ1) is 13.9. The van der Waals surface area contributed by atoms with E-state index in [9.17, 15) is 9.59 Å². The maximum absolute atomic E-state index is 12.0. The molecule has 0 spiro atoms. The van der Waals surface area contributed by atoms with E-state index < -0.39 is 12.0 Å². The summed E-state index contributed by atoms with van der Waals surface area (Å²) in [6.07, 6.45) is 2.03. The SMILES string of the molecule is O=C(O)C1CSCN1C(=O)CCCc1ccccc1. The molecule has 1 fully saturated rings. The van der Waals surface area contributed by atoms with Crippen LogP contribution in [0.2, 0.25) is 0 Å². The van der Waals surface area contributed by atoms with Crippen LogP contribution in [-0.4, -0.2) is 39.6 Å². The van der Waals surface area contributed by atoms with E-state index in [1.54, 1.807) is 0 Å². The summed E-state index contributed by atoms with van der Waals surface area (Å²) >= 11 is 1.50. The van der Waals surface area contributed by atoms with Crippen LogP contribution in [0.3, 0.4) is 0 Å². The first-order valence-electron chi connectivity index (χ1n) is 6.32. The first-order valence-corrected chi connectivity index (χ1v) is 7.48. The Morgan fingerprint density at radius 2 is 2.05 bits per heavy atom. The zero-order valence-electron chi connectivity index (χ0n) is 10.6. The molecule has 5 heteroatoms. The zero-order chi connectivity index (χ0) is 13.7. The van der Waals surface area contributed by atoms with Crippen LogP contribution in [0.1, 0.15) is 18.4 Å². The number of hydrogen-bond donors (Lipinski definition) is 1.